The normalized spacial score (nSPS) is 18.8. The molecule has 31 heavy (non-hydrogen) atoms. The first-order valence-corrected chi connectivity index (χ1v) is 11.0. The van der Waals surface area contributed by atoms with Gasteiger partial charge in [-0.05, 0) is 56.4 Å². The molecular weight excluding hydrogens is 386 g/mol. The molecule has 2 aromatic heterocycles. The highest BCUT2D eigenvalue weighted by atomic mass is 16.2. The van der Waals surface area contributed by atoms with Crippen LogP contribution < -0.4 is 5.32 Å². The van der Waals surface area contributed by atoms with Gasteiger partial charge in [-0.15, -0.1) is 0 Å². The van der Waals surface area contributed by atoms with Gasteiger partial charge >= 0.3 is 0 Å². The lowest BCUT2D eigenvalue weighted by atomic mass is 9.89. The number of aromatic nitrogens is 3. The molecule has 6 nitrogen and oxygen atoms in total. The van der Waals surface area contributed by atoms with E-state index in [-0.39, 0.29) is 11.9 Å². The lowest BCUT2D eigenvalue weighted by Crippen LogP contribution is -2.51. The van der Waals surface area contributed by atoms with Crippen LogP contribution in [0, 0.1) is 19.8 Å². The number of benzene rings is 1. The predicted molar refractivity (Wildman–Crippen MR) is 124 cm³/mol. The maximum atomic E-state index is 13.8. The van der Waals surface area contributed by atoms with Crippen LogP contribution in [-0.2, 0) is 7.05 Å². The zero-order chi connectivity index (χ0) is 22.0. The van der Waals surface area contributed by atoms with Crippen molar-refractivity contribution in [3.63, 3.8) is 0 Å². The number of hydrogen-bond acceptors (Lipinski definition) is 4. The van der Waals surface area contributed by atoms with Gasteiger partial charge in [0.15, 0.2) is 0 Å². The molecular formula is C25H31N5O. The van der Waals surface area contributed by atoms with Crippen LogP contribution in [0.1, 0.15) is 41.3 Å². The standard InChI is InChI=1S/C25H31N5O/c1-17-7-9-20(22-11-12-28-29(22)4)21(14-17)25(31)30-13-5-6-19(3)23(30)16-27-24-10-8-18(2)15-26-24/h7-12,14-15,19,23H,5-6,13,16H2,1-4H3,(H,26,27)/t19-,23?/m1/s1. The number of likely N-dealkylation sites (tertiary alicyclic amines) is 1. The Kier molecular flexibility index (Phi) is 6.07. The predicted octanol–water partition coefficient (Wildman–Crippen LogP) is 4.45. The number of aryl methyl sites for hydroxylation is 3. The molecule has 1 amide bonds. The highest BCUT2D eigenvalue weighted by Crippen LogP contribution is 2.30. The summed E-state index contributed by atoms with van der Waals surface area (Å²) >= 11 is 0. The summed E-state index contributed by atoms with van der Waals surface area (Å²) < 4.78 is 1.82. The molecule has 0 spiro atoms. The van der Waals surface area contributed by atoms with E-state index in [0.29, 0.717) is 12.5 Å². The molecule has 1 fully saturated rings. The van der Waals surface area contributed by atoms with E-state index in [1.165, 1.54) is 0 Å². The summed E-state index contributed by atoms with van der Waals surface area (Å²) in [4.78, 5) is 20.4. The topological polar surface area (TPSA) is 63.1 Å². The van der Waals surface area contributed by atoms with Crippen LogP contribution in [0.2, 0.25) is 0 Å². The maximum absolute atomic E-state index is 13.8. The molecule has 0 aliphatic carbocycles. The molecule has 1 aromatic carbocycles. The number of amides is 1. The Bertz CT molecular complexity index is 1060. The minimum absolute atomic E-state index is 0.0927. The number of nitrogens with zero attached hydrogens (tertiary/aromatic N) is 4. The summed E-state index contributed by atoms with van der Waals surface area (Å²) in [6, 6.07) is 12.2. The fourth-order valence-corrected chi connectivity index (χ4v) is 4.45. The van der Waals surface area contributed by atoms with E-state index in [1.807, 2.05) is 56.0 Å². The Hall–Kier alpha value is -3.15. The van der Waals surface area contributed by atoms with Crippen molar-refractivity contribution in [2.75, 3.05) is 18.4 Å². The zero-order valence-electron chi connectivity index (χ0n) is 18.8. The minimum Gasteiger partial charge on any atom is -0.368 e. The molecule has 1 aliphatic rings. The minimum atomic E-state index is 0.0927. The number of piperidine rings is 1. The molecule has 0 radical (unpaired) electrons. The van der Waals surface area contributed by atoms with Gasteiger partial charge in [0.25, 0.3) is 5.91 Å². The van der Waals surface area contributed by atoms with Gasteiger partial charge in [-0.25, -0.2) is 4.98 Å². The van der Waals surface area contributed by atoms with Crippen molar-refractivity contribution in [2.24, 2.45) is 13.0 Å². The van der Waals surface area contributed by atoms with E-state index in [2.05, 4.69) is 39.4 Å². The number of pyridine rings is 1. The Morgan fingerprint density at radius 3 is 2.68 bits per heavy atom. The first-order valence-electron chi connectivity index (χ1n) is 11.0. The molecule has 1 unspecified atom stereocenters. The van der Waals surface area contributed by atoms with Crippen molar-refractivity contribution in [3.05, 3.63) is 65.5 Å². The van der Waals surface area contributed by atoms with Crippen molar-refractivity contribution in [1.29, 1.82) is 0 Å². The number of carbonyl (C=O) groups is 1. The average molecular weight is 418 g/mol. The molecule has 0 saturated carbocycles. The molecule has 162 valence electrons. The maximum Gasteiger partial charge on any atom is 0.254 e. The molecule has 2 atom stereocenters. The second kappa shape index (κ2) is 8.92. The van der Waals surface area contributed by atoms with E-state index >= 15 is 0 Å². The molecule has 1 N–H and O–H groups in total. The van der Waals surface area contributed by atoms with Gasteiger partial charge in [-0.2, -0.15) is 5.10 Å². The first-order chi connectivity index (χ1) is 14.9. The van der Waals surface area contributed by atoms with Gasteiger partial charge in [0, 0.05) is 43.7 Å². The van der Waals surface area contributed by atoms with Gasteiger partial charge in [0.05, 0.1) is 11.7 Å². The number of anilines is 1. The van der Waals surface area contributed by atoms with Crippen molar-refractivity contribution < 1.29 is 4.79 Å². The molecule has 3 heterocycles. The van der Waals surface area contributed by atoms with Crippen LogP contribution in [0.5, 0.6) is 0 Å². The lowest BCUT2D eigenvalue weighted by Gasteiger charge is -2.40. The third-order valence-electron chi connectivity index (χ3n) is 6.28. The molecule has 1 aliphatic heterocycles. The van der Waals surface area contributed by atoms with E-state index in [1.54, 1.807) is 6.20 Å². The highest BCUT2D eigenvalue weighted by molar-refractivity contribution is 6.01. The SMILES string of the molecule is Cc1ccc(NCC2[C@H](C)CCCN2C(=O)c2cc(C)ccc2-c2ccnn2C)nc1. The van der Waals surface area contributed by atoms with Crippen LogP contribution in [0.4, 0.5) is 5.82 Å². The van der Waals surface area contributed by atoms with Gasteiger partial charge in [0.1, 0.15) is 5.82 Å². The third-order valence-corrected chi connectivity index (χ3v) is 6.28. The average Bonchev–Trinajstić information content (AvgIpc) is 3.19. The van der Waals surface area contributed by atoms with E-state index in [4.69, 9.17) is 0 Å². The van der Waals surface area contributed by atoms with Crippen molar-refractivity contribution >= 4 is 11.7 Å². The molecule has 1 saturated heterocycles. The largest absolute Gasteiger partial charge is 0.368 e. The van der Waals surface area contributed by atoms with Crippen LogP contribution in [-0.4, -0.2) is 44.7 Å². The number of rotatable bonds is 5. The van der Waals surface area contributed by atoms with Gasteiger partial charge in [-0.3, -0.25) is 9.48 Å². The third kappa shape index (κ3) is 4.48. The quantitative estimate of drug-likeness (QED) is 0.666. The lowest BCUT2D eigenvalue weighted by molar-refractivity contribution is 0.0540. The van der Waals surface area contributed by atoms with Crippen molar-refractivity contribution in [1.82, 2.24) is 19.7 Å². The number of carbonyl (C=O) groups excluding carboxylic acids is 1. The second-order valence-corrected chi connectivity index (χ2v) is 8.68. The van der Waals surface area contributed by atoms with Gasteiger partial charge < -0.3 is 10.2 Å². The van der Waals surface area contributed by atoms with E-state index < -0.39 is 0 Å². The highest BCUT2D eigenvalue weighted by Gasteiger charge is 2.33. The fraction of sp³-hybridized carbons (Fsp3) is 0.400. The van der Waals surface area contributed by atoms with Crippen LogP contribution in [0.25, 0.3) is 11.3 Å². The van der Waals surface area contributed by atoms with Crippen LogP contribution in [0.3, 0.4) is 0 Å². The molecule has 3 aromatic rings. The summed E-state index contributed by atoms with van der Waals surface area (Å²) in [7, 11) is 1.91. The summed E-state index contributed by atoms with van der Waals surface area (Å²) in [5.41, 5.74) is 4.84. The van der Waals surface area contributed by atoms with Gasteiger partial charge in [0.2, 0.25) is 0 Å². The van der Waals surface area contributed by atoms with Crippen molar-refractivity contribution in [3.8, 4) is 11.3 Å². The number of nitrogens with one attached hydrogen (secondary N) is 1. The Morgan fingerprint density at radius 1 is 1.16 bits per heavy atom. The van der Waals surface area contributed by atoms with Crippen molar-refractivity contribution in [2.45, 2.75) is 39.7 Å². The van der Waals surface area contributed by atoms with Gasteiger partial charge in [-0.1, -0.05) is 30.7 Å². The Labute approximate surface area is 184 Å². The molecule has 6 heteroatoms. The fourth-order valence-electron chi connectivity index (χ4n) is 4.45. The zero-order valence-corrected chi connectivity index (χ0v) is 18.8. The van der Waals surface area contributed by atoms with Crippen LogP contribution in [0.15, 0.2) is 48.8 Å². The van der Waals surface area contributed by atoms with E-state index in [0.717, 1.165) is 53.2 Å². The monoisotopic (exact) mass is 417 g/mol. The Morgan fingerprint density at radius 2 is 1.97 bits per heavy atom. The Balaban J connectivity index is 1.62. The summed E-state index contributed by atoms with van der Waals surface area (Å²) in [6.07, 6.45) is 5.79. The smallest absolute Gasteiger partial charge is 0.254 e. The molecule has 4 rings (SSSR count). The number of hydrogen-bond donors (Lipinski definition) is 1. The first kappa shape index (κ1) is 21.1. The second-order valence-electron chi connectivity index (χ2n) is 8.68. The summed E-state index contributed by atoms with van der Waals surface area (Å²) in [5.74, 6) is 1.36. The summed E-state index contributed by atoms with van der Waals surface area (Å²) in [6.45, 7) is 7.77. The van der Waals surface area contributed by atoms with E-state index in [9.17, 15) is 4.79 Å². The summed E-state index contributed by atoms with van der Waals surface area (Å²) in [5, 5.41) is 7.75. The molecule has 0 bridgehead atoms. The van der Waals surface area contributed by atoms with Crippen LogP contribution >= 0.6 is 0 Å².